The molecule has 1 aromatic rings. The van der Waals surface area contributed by atoms with Crippen molar-refractivity contribution >= 4 is 5.69 Å². The van der Waals surface area contributed by atoms with Crippen LogP contribution in [0.15, 0.2) is 24.3 Å². The van der Waals surface area contributed by atoms with Gasteiger partial charge in [0.15, 0.2) is 0 Å². The third kappa shape index (κ3) is 3.02. The lowest BCUT2D eigenvalue weighted by atomic mass is 9.96. The molecule has 1 atom stereocenters. The number of unbranched alkanes of at least 4 members (excludes halogenated alkanes) is 1. The summed E-state index contributed by atoms with van der Waals surface area (Å²) in [5.41, 5.74) is 2.89. The largest absolute Gasteiger partial charge is 0.368 e. The number of benzene rings is 1. The Morgan fingerprint density at radius 1 is 1.24 bits per heavy atom. The summed E-state index contributed by atoms with van der Waals surface area (Å²) in [6.45, 7) is 5.78. The maximum atomic E-state index is 2.66. The van der Waals surface area contributed by atoms with Crippen LogP contribution in [0.1, 0.15) is 51.0 Å². The average Bonchev–Trinajstić information content (AvgIpc) is 2.37. The highest BCUT2D eigenvalue weighted by molar-refractivity contribution is 5.54. The molecule has 0 radical (unpaired) electrons. The van der Waals surface area contributed by atoms with Crippen molar-refractivity contribution in [3.8, 4) is 0 Å². The molecule has 2 rings (SSSR count). The predicted octanol–water partition coefficient (Wildman–Crippen LogP) is 4.54. The minimum absolute atomic E-state index is 0.782. The van der Waals surface area contributed by atoms with Gasteiger partial charge in [0.25, 0.3) is 0 Å². The van der Waals surface area contributed by atoms with E-state index in [1.807, 2.05) is 0 Å². The molecule has 0 N–H and O–H groups in total. The lowest BCUT2D eigenvalue weighted by Gasteiger charge is -2.38. The van der Waals surface area contributed by atoms with E-state index in [0.717, 1.165) is 6.04 Å². The molecule has 94 valence electrons. The number of hydrogen-bond donors (Lipinski definition) is 0. The van der Waals surface area contributed by atoms with Gasteiger partial charge in [0.2, 0.25) is 0 Å². The van der Waals surface area contributed by atoms with Crippen molar-refractivity contribution in [1.82, 2.24) is 0 Å². The lowest BCUT2D eigenvalue weighted by Crippen LogP contribution is -2.39. The number of piperidine rings is 1. The zero-order valence-electron chi connectivity index (χ0n) is 11.3. The van der Waals surface area contributed by atoms with Gasteiger partial charge in [-0.05, 0) is 44.2 Å². The van der Waals surface area contributed by atoms with Gasteiger partial charge in [-0.3, -0.25) is 0 Å². The Kier molecular flexibility index (Phi) is 4.47. The summed E-state index contributed by atoms with van der Waals surface area (Å²) < 4.78 is 0. The summed E-state index contributed by atoms with van der Waals surface area (Å²) in [6.07, 6.45) is 8.21. The topological polar surface area (TPSA) is 3.24 Å². The number of nitrogens with zero attached hydrogens (tertiary/aromatic N) is 1. The molecule has 0 amide bonds. The van der Waals surface area contributed by atoms with Gasteiger partial charge in [-0.15, -0.1) is 0 Å². The molecule has 0 aromatic heterocycles. The molecule has 0 aliphatic carbocycles. The van der Waals surface area contributed by atoms with E-state index in [4.69, 9.17) is 0 Å². The van der Waals surface area contributed by atoms with E-state index in [-0.39, 0.29) is 0 Å². The van der Waals surface area contributed by atoms with Crippen molar-refractivity contribution in [3.63, 3.8) is 0 Å². The van der Waals surface area contributed by atoms with Gasteiger partial charge >= 0.3 is 0 Å². The Labute approximate surface area is 106 Å². The van der Waals surface area contributed by atoms with E-state index in [1.54, 1.807) is 0 Å². The monoisotopic (exact) mass is 231 g/mol. The van der Waals surface area contributed by atoms with Crippen molar-refractivity contribution in [3.05, 3.63) is 29.8 Å². The van der Waals surface area contributed by atoms with Crippen LogP contribution in [0.2, 0.25) is 0 Å². The maximum Gasteiger partial charge on any atom is 0.0398 e. The fourth-order valence-corrected chi connectivity index (χ4v) is 2.94. The van der Waals surface area contributed by atoms with Gasteiger partial charge in [-0.1, -0.05) is 38.0 Å². The predicted molar refractivity (Wildman–Crippen MR) is 75.7 cm³/mol. The van der Waals surface area contributed by atoms with Gasteiger partial charge in [0, 0.05) is 18.3 Å². The minimum Gasteiger partial charge on any atom is -0.368 e. The first-order valence-electron chi connectivity index (χ1n) is 7.15. The smallest absolute Gasteiger partial charge is 0.0398 e. The highest BCUT2D eigenvalue weighted by atomic mass is 15.2. The SMILES string of the molecule is CCCCC1CCCCN1c1ccccc1C. The van der Waals surface area contributed by atoms with Crippen molar-refractivity contribution in [1.29, 1.82) is 0 Å². The molecule has 0 saturated carbocycles. The van der Waals surface area contributed by atoms with Gasteiger partial charge in [0.05, 0.1) is 0 Å². The molecule has 1 unspecified atom stereocenters. The van der Waals surface area contributed by atoms with Crippen LogP contribution in [0.25, 0.3) is 0 Å². The highest BCUT2D eigenvalue weighted by Gasteiger charge is 2.22. The van der Waals surface area contributed by atoms with Crippen LogP contribution in [0.3, 0.4) is 0 Å². The Morgan fingerprint density at radius 2 is 2.06 bits per heavy atom. The average molecular weight is 231 g/mol. The summed E-state index contributed by atoms with van der Waals surface area (Å²) in [7, 11) is 0. The summed E-state index contributed by atoms with van der Waals surface area (Å²) in [5.74, 6) is 0. The van der Waals surface area contributed by atoms with E-state index in [9.17, 15) is 0 Å². The minimum atomic E-state index is 0.782. The molecule has 1 heterocycles. The Bertz CT molecular complexity index is 345. The van der Waals surface area contributed by atoms with Crippen LogP contribution < -0.4 is 4.90 Å². The van der Waals surface area contributed by atoms with E-state index in [0.29, 0.717) is 0 Å². The van der Waals surface area contributed by atoms with Crippen molar-refractivity contribution < 1.29 is 0 Å². The van der Waals surface area contributed by atoms with Crippen LogP contribution in [0.4, 0.5) is 5.69 Å². The lowest BCUT2D eigenvalue weighted by molar-refractivity contribution is 0.427. The molecule has 1 heteroatoms. The number of anilines is 1. The van der Waals surface area contributed by atoms with Gasteiger partial charge in [0.1, 0.15) is 0 Å². The standard InChI is InChI=1S/C16H25N/c1-3-4-10-15-11-7-8-13-17(15)16-12-6-5-9-14(16)2/h5-6,9,12,15H,3-4,7-8,10-11,13H2,1-2H3. The first-order valence-corrected chi connectivity index (χ1v) is 7.15. The molecule has 1 nitrogen and oxygen atoms in total. The molecule has 0 bridgehead atoms. The first-order chi connectivity index (χ1) is 8.33. The zero-order chi connectivity index (χ0) is 12.1. The normalized spacial score (nSPS) is 20.6. The van der Waals surface area contributed by atoms with Crippen LogP contribution >= 0.6 is 0 Å². The molecule has 1 aromatic carbocycles. The molecular weight excluding hydrogens is 206 g/mol. The number of hydrogen-bond acceptors (Lipinski definition) is 1. The Balaban J connectivity index is 2.13. The Hall–Kier alpha value is -0.980. The summed E-state index contributed by atoms with van der Waals surface area (Å²) in [5, 5.41) is 0. The maximum absolute atomic E-state index is 2.66. The van der Waals surface area contributed by atoms with Crippen molar-refractivity contribution in [2.24, 2.45) is 0 Å². The second kappa shape index (κ2) is 6.09. The fraction of sp³-hybridized carbons (Fsp3) is 0.625. The molecule has 1 saturated heterocycles. The third-order valence-electron chi connectivity index (χ3n) is 3.94. The molecule has 0 spiro atoms. The van der Waals surface area contributed by atoms with Gasteiger partial charge < -0.3 is 4.90 Å². The molecule has 1 aliphatic rings. The molecular formula is C16H25N. The fourth-order valence-electron chi connectivity index (χ4n) is 2.94. The Morgan fingerprint density at radius 3 is 2.82 bits per heavy atom. The van der Waals surface area contributed by atoms with Crippen LogP contribution in [0, 0.1) is 6.92 Å². The quantitative estimate of drug-likeness (QED) is 0.735. The molecule has 17 heavy (non-hydrogen) atoms. The van der Waals surface area contributed by atoms with Crippen molar-refractivity contribution in [2.75, 3.05) is 11.4 Å². The van der Waals surface area contributed by atoms with E-state index in [2.05, 4.69) is 43.0 Å². The second-order valence-corrected chi connectivity index (χ2v) is 5.27. The number of aryl methyl sites for hydroxylation is 1. The molecule has 1 aliphatic heterocycles. The summed E-state index contributed by atoms with van der Waals surface area (Å²) >= 11 is 0. The van der Waals surface area contributed by atoms with Crippen LogP contribution in [-0.4, -0.2) is 12.6 Å². The van der Waals surface area contributed by atoms with Crippen LogP contribution in [0.5, 0.6) is 0 Å². The number of para-hydroxylation sites is 1. The van der Waals surface area contributed by atoms with Crippen LogP contribution in [-0.2, 0) is 0 Å². The third-order valence-corrected chi connectivity index (χ3v) is 3.94. The first kappa shape index (κ1) is 12.5. The van der Waals surface area contributed by atoms with Gasteiger partial charge in [-0.25, -0.2) is 0 Å². The summed E-state index contributed by atoms with van der Waals surface area (Å²) in [4.78, 5) is 2.66. The van der Waals surface area contributed by atoms with Crippen molar-refractivity contribution in [2.45, 2.75) is 58.4 Å². The van der Waals surface area contributed by atoms with E-state index in [1.165, 1.54) is 56.3 Å². The molecule has 1 fully saturated rings. The van der Waals surface area contributed by atoms with E-state index >= 15 is 0 Å². The summed E-state index contributed by atoms with van der Waals surface area (Å²) in [6, 6.07) is 9.63. The second-order valence-electron chi connectivity index (χ2n) is 5.27. The zero-order valence-corrected chi connectivity index (χ0v) is 11.3. The van der Waals surface area contributed by atoms with E-state index < -0.39 is 0 Å². The highest BCUT2D eigenvalue weighted by Crippen LogP contribution is 2.29. The van der Waals surface area contributed by atoms with Gasteiger partial charge in [-0.2, -0.15) is 0 Å². The number of rotatable bonds is 4.